The van der Waals surface area contributed by atoms with Crippen molar-refractivity contribution in [3.63, 3.8) is 0 Å². The molecule has 2 fully saturated rings. The molecule has 0 aliphatic heterocycles. The van der Waals surface area contributed by atoms with Gasteiger partial charge in [0.2, 0.25) is 0 Å². The Bertz CT molecular complexity index is 1800. The minimum Gasteiger partial charge on any atom is -0.394 e. The number of rotatable bonds is 10. The van der Waals surface area contributed by atoms with Crippen LogP contribution in [0.4, 0.5) is 10.2 Å². The van der Waals surface area contributed by atoms with E-state index in [9.17, 15) is 19.7 Å². The van der Waals surface area contributed by atoms with E-state index >= 15 is 0 Å². The van der Waals surface area contributed by atoms with Gasteiger partial charge in [-0.05, 0) is 36.9 Å². The van der Waals surface area contributed by atoms with Gasteiger partial charge in [-0.3, -0.25) is 0 Å². The van der Waals surface area contributed by atoms with E-state index in [1.54, 1.807) is 0 Å². The standard InChI is InChI=1S/C24H31FN6O4S/c1-3-8-36-24-27-22(26-16-10-14(16)13-5-4-12(2)15(25)9-13)19-23(28-24)31(30-29-19)17-11-18(35-7-6-32)21(34)20(17)33/h4-5,9,14,16-18,20-21,32-34H,3,6-8,10-11H2,1-2H3,(H,26,27,28)/t14-,16+,17+,18-,20-,21+/m0/s1/i3D2,4D,5D,8D2,9D,11D2,17D,18D,20D,21D. The molecule has 36 heavy (non-hydrogen) atoms. The van der Waals surface area contributed by atoms with Crippen molar-refractivity contribution in [1.29, 1.82) is 0 Å². The van der Waals surface area contributed by atoms with Crippen LogP contribution >= 0.6 is 11.8 Å². The van der Waals surface area contributed by atoms with Gasteiger partial charge in [0.05, 0.1) is 34.9 Å². The lowest BCUT2D eigenvalue weighted by molar-refractivity contribution is -0.0629. The third-order valence-corrected chi connectivity index (χ3v) is 6.08. The molecule has 3 aromatic rings. The lowest BCUT2D eigenvalue weighted by Crippen LogP contribution is -2.33. The maximum Gasteiger partial charge on any atom is 0.191 e. The predicted octanol–water partition coefficient (Wildman–Crippen LogP) is 2.18. The number of halogens is 1. The fourth-order valence-electron chi connectivity index (χ4n) is 3.53. The average molecular weight is 532 g/mol. The van der Waals surface area contributed by atoms with Crippen LogP contribution < -0.4 is 5.32 Å². The Morgan fingerprint density at radius 2 is 2.22 bits per heavy atom. The summed E-state index contributed by atoms with van der Waals surface area (Å²) in [7, 11) is 0. The van der Waals surface area contributed by atoms with Gasteiger partial charge in [0, 0.05) is 32.3 Å². The second-order valence-electron chi connectivity index (χ2n) is 7.88. The molecule has 194 valence electrons. The highest BCUT2D eigenvalue weighted by Gasteiger charge is 2.45. The molecule has 2 aliphatic rings. The van der Waals surface area contributed by atoms with Crippen molar-refractivity contribution in [2.24, 2.45) is 0 Å². The van der Waals surface area contributed by atoms with Crippen LogP contribution in [0.2, 0.25) is 0 Å². The van der Waals surface area contributed by atoms with E-state index in [0.29, 0.717) is 0 Å². The predicted molar refractivity (Wildman–Crippen MR) is 133 cm³/mol. The molecular weight excluding hydrogens is 487 g/mol. The molecule has 0 amide bonds. The highest BCUT2D eigenvalue weighted by atomic mass is 32.2. The summed E-state index contributed by atoms with van der Waals surface area (Å²) in [5, 5.41) is 41.3. The maximum atomic E-state index is 14.7. The zero-order chi connectivity index (χ0) is 37.1. The number of aliphatic hydroxyl groups excluding tert-OH is 1. The van der Waals surface area contributed by atoms with Gasteiger partial charge in [-0.1, -0.05) is 36.0 Å². The molecule has 0 saturated heterocycles. The Morgan fingerprint density at radius 1 is 1.39 bits per heavy atom. The number of thioether (sulfide) groups is 1. The lowest BCUT2D eigenvalue weighted by Gasteiger charge is -2.17. The molecule has 2 aromatic heterocycles. The van der Waals surface area contributed by atoms with Crippen LogP contribution in [-0.4, -0.2) is 83.5 Å². The number of nitrogens with zero attached hydrogens (tertiary/aromatic N) is 5. The first-order valence-corrected chi connectivity index (χ1v) is 11.6. The van der Waals surface area contributed by atoms with E-state index in [0.717, 1.165) is 6.92 Å². The normalized spacial score (nSPS) is 43.2. The smallest absolute Gasteiger partial charge is 0.191 e. The minimum atomic E-state index is -3.98. The molecule has 2 aliphatic carbocycles. The number of aliphatic hydroxyl groups is 3. The van der Waals surface area contributed by atoms with Crippen molar-refractivity contribution in [2.45, 2.75) is 74.4 Å². The van der Waals surface area contributed by atoms with Crippen LogP contribution in [-0.2, 0) is 4.74 Å². The third-order valence-electron chi connectivity index (χ3n) is 5.41. The summed E-state index contributed by atoms with van der Waals surface area (Å²) in [4.78, 5) is 8.29. The van der Waals surface area contributed by atoms with Gasteiger partial charge in [-0.2, -0.15) is 0 Å². The van der Waals surface area contributed by atoms with Crippen molar-refractivity contribution in [3.05, 3.63) is 35.1 Å². The molecular formula is C24H31FN6O4S. The van der Waals surface area contributed by atoms with Crippen LogP contribution in [0.15, 0.2) is 23.3 Å². The SMILES string of the molecule is [2H]c1c([2H])c([C@@H]2C[C@H]2Nc2nc(SC([2H])([2H])C([2H])([2H])C)nc3c2nnn3[C@]2([2H])C([2H])([2H])[C@]([2H])(OCCO)[C@@]([2H])(O)[C@@]2([2H])O)c([2H])c(F)c1C. The molecule has 1 aromatic carbocycles. The van der Waals surface area contributed by atoms with Crippen molar-refractivity contribution in [2.75, 3.05) is 24.2 Å². The molecule has 2 saturated carbocycles. The number of aromatic nitrogens is 5. The van der Waals surface area contributed by atoms with Crippen molar-refractivity contribution < 1.29 is 42.3 Å². The first-order chi connectivity index (χ1) is 22.2. The summed E-state index contributed by atoms with van der Waals surface area (Å²) < 4.78 is 129. The van der Waals surface area contributed by atoms with Crippen molar-refractivity contribution >= 4 is 28.7 Å². The summed E-state index contributed by atoms with van der Waals surface area (Å²) in [5.41, 5.74) is -4.08. The molecule has 4 N–H and O–H groups in total. The highest BCUT2D eigenvalue weighted by molar-refractivity contribution is 7.99. The number of nitrogens with one attached hydrogen (secondary N) is 1. The zero-order valence-electron chi connectivity index (χ0n) is 32.0. The minimum absolute atomic E-state index is 0.0717. The van der Waals surface area contributed by atoms with Gasteiger partial charge in [0.25, 0.3) is 0 Å². The number of fused-ring (bicyclic) bond motifs is 1. The topological polar surface area (TPSA) is 138 Å². The largest absolute Gasteiger partial charge is 0.394 e. The fourth-order valence-corrected chi connectivity index (χ4v) is 4.00. The fraction of sp³-hybridized carbons (Fsp3) is 0.583. The number of hydrogen-bond donors (Lipinski definition) is 4. The molecule has 10 nitrogen and oxygen atoms in total. The lowest BCUT2D eigenvalue weighted by atomic mass is 10.1. The maximum absolute atomic E-state index is 14.7. The Hall–Kier alpha value is -2.38. The van der Waals surface area contributed by atoms with E-state index in [4.69, 9.17) is 22.6 Å². The number of hydrogen-bond acceptors (Lipinski definition) is 10. The van der Waals surface area contributed by atoms with Gasteiger partial charge in [0.1, 0.15) is 18.0 Å². The van der Waals surface area contributed by atoms with E-state index in [1.165, 1.54) is 6.92 Å². The molecule has 2 heterocycles. The molecule has 0 bridgehead atoms. The molecule has 12 heteroatoms. The quantitative estimate of drug-likeness (QED) is 0.227. The Balaban J connectivity index is 1.68. The van der Waals surface area contributed by atoms with Gasteiger partial charge in [0.15, 0.2) is 22.1 Å². The summed E-state index contributed by atoms with van der Waals surface area (Å²) in [6, 6.07) is -5.76. The highest BCUT2D eigenvalue weighted by Crippen LogP contribution is 2.44. The number of anilines is 1. The van der Waals surface area contributed by atoms with E-state index in [1.807, 2.05) is 0 Å². The number of benzene rings is 1. The van der Waals surface area contributed by atoms with Crippen LogP contribution in [0.25, 0.3) is 11.2 Å². The first kappa shape index (κ1) is 14.0. The second-order valence-corrected chi connectivity index (χ2v) is 8.65. The van der Waals surface area contributed by atoms with Crippen LogP contribution in [0.3, 0.4) is 0 Å². The molecule has 0 radical (unpaired) electrons. The molecule has 5 rings (SSSR count). The summed E-state index contributed by atoms with van der Waals surface area (Å²) in [6.45, 7) is 0.527. The molecule has 0 unspecified atom stereocenters. The van der Waals surface area contributed by atoms with Crippen LogP contribution in [0, 0.1) is 12.7 Å². The van der Waals surface area contributed by atoms with Gasteiger partial charge in [-0.15, -0.1) is 5.10 Å². The second kappa shape index (κ2) is 10.5. The van der Waals surface area contributed by atoms with Gasteiger partial charge in [-0.25, -0.2) is 19.0 Å². The van der Waals surface area contributed by atoms with Gasteiger partial charge < -0.3 is 25.4 Å². The van der Waals surface area contributed by atoms with E-state index in [-0.39, 0.29) is 45.9 Å². The Kier molecular flexibility index (Phi) is 4.09. The Morgan fingerprint density at radius 3 is 3.00 bits per heavy atom. The van der Waals surface area contributed by atoms with Gasteiger partial charge >= 0.3 is 0 Å². The van der Waals surface area contributed by atoms with Crippen LogP contribution in [0.1, 0.15) is 67.0 Å². The third kappa shape index (κ3) is 4.92. The van der Waals surface area contributed by atoms with E-state index < -0.39 is 102 Å². The molecule has 0 spiro atoms. The first-order valence-electron chi connectivity index (χ1n) is 17.3. The van der Waals surface area contributed by atoms with Crippen LogP contribution in [0.5, 0.6) is 0 Å². The average Bonchev–Trinajstić information content (AvgIpc) is 3.59. The summed E-state index contributed by atoms with van der Waals surface area (Å²) in [6.07, 6.45) is -17.6. The van der Waals surface area contributed by atoms with Crippen molar-refractivity contribution in [3.8, 4) is 0 Å². The molecule has 6 atom stereocenters. The van der Waals surface area contributed by atoms with E-state index in [2.05, 4.69) is 25.6 Å². The zero-order valence-corrected chi connectivity index (χ0v) is 19.9. The van der Waals surface area contributed by atoms with Crippen molar-refractivity contribution in [1.82, 2.24) is 25.0 Å². The Labute approximate surface area is 230 Å². The summed E-state index contributed by atoms with van der Waals surface area (Å²) >= 11 is 0.154. The number of ether oxygens (including phenoxy) is 1. The summed E-state index contributed by atoms with van der Waals surface area (Å²) in [5.74, 6) is -1.98. The monoisotopic (exact) mass is 531 g/mol.